The normalized spacial score (nSPS) is 13.8. The summed E-state index contributed by atoms with van der Waals surface area (Å²) in [6.07, 6.45) is -1.29. The number of nitrogens with zero attached hydrogens (tertiary/aromatic N) is 1. The highest BCUT2D eigenvalue weighted by atomic mass is 16.6. The smallest absolute Gasteiger partial charge is 0.358 e. The first-order valence-electron chi connectivity index (χ1n) is 9.59. The predicted molar refractivity (Wildman–Crippen MR) is 114 cm³/mol. The van der Waals surface area contributed by atoms with Crippen LogP contribution in [0.2, 0.25) is 0 Å². The lowest BCUT2D eigenvalue weighted by Gasteiger charge is -2.21. The molecule has 3 unspecified atom stereocenters. The molecule has 0 aliphatic carbocycles. The fourth-order valence-electron chi connectivity index (χ4n) is 3.02. The Morgan fingerprint density at radius 1 is 1.06 bits per heavy atom. The van der Waals surface area contributed by atoms with Crippen LogP contribution in [0, 0.1) is 10.1 Å². The second-order valence-corrected chi connectivity index (χ2v) is 6.84. The number of hydrogen-bond acceptors (Lipinski definition) is 9. The highest BCUT2D eigenvalue weighted by molar-refractivity contribution is 5.88. The number of nitrogens with two attached hydrogens (primary N) is 1. The van der Waals surface area contributed by atoms with Gasteiger partial charge in [0, 0.05) is 36.5 Å². The lowest BCUT2D eigenvalue weighted by atomic mass is 10.1. The Morgan fingerprint density at radius 2 is 1.68 bits per heavy atom. The molecule has 31 heavy (non-hydrogen) atoms. The summed E-state index contributed by atoms with van der Waals surface area (Å²) >= 11 is 0. The minimum Gasteiger partial charge on any atom is -0.398 e. The molecule has 0 heterocycles. The van der Waals surface area contributed by atoms with Crippen LogP contribution in [0.25, 0.3) is 0 Å². The molecule has 10 nitrogen and oxygen atoms in total. The van der Waals surface area contributed by atoms with Gasteiger partial charge in [0.15, 0.2) is 0 Å². The van der Waals surface area contributed by atoms with Crippen LogP contribution < -0.4 is 16.4 Å². The van der Waals surface area contributed by atoms with Gasteiger partial charge in [-0.15, -0.1) is 0 Å². The van der Waals surface area contributed by atoms with Gasteiger partial charge in [-0.05, 0) is 25.5 Å². The Balaban J connectivity index is 1.93. The van der Waals surface area contributed by atoms with E-state index in [-0.39, 0.29) is 18.3 Å². The Bertz CT molecular complexity index is 936. The fraction of sp³-hybridized carbons (Fsp3) is 0.333. The van der Waals surface area contributed by atoms with E-state index in [1.54, 1.807) is 37.3 Å². The Labute approximate surface area is 179 Å². The van der Waals surface area contributed by atoms with E-state index in [0.717, 1.165) is 5.56 Å². The Hall–Kier alpha value is -3.34. The molecule has 0 amide bonds. The average molecular weight is 430 g/mol. The van der Waals surface area contributed by atoms with Crippen LogP contribution in [-0.4, -0.2) is 36.7 Å². The molecule has 0 aromatic heterocycles. The first kappa shape index (κ1) is 23.9. The van der Waals surface area contributed by atoms with Crippen LogP contribution >= 0.6 is 0 Å². The minimum absolute atomic E-state index is 0.0971. The van der Waals surface area contributed by atoms with Crippen molar-refractivity contribution in [2.24, 2.45) is 0 Å². The molecule has 2 rings (SSSR count). The summed E-state index contributed by atoms with van der Waals surface area (Å²) in [5, 5.41) is 16.9. The Morgan fingerprint density at radius 3 is 2.29 bits per heavy atom. The van der Waals surface area contributed by atoms with Crippen LogP contribution in [0.4, 0.5) is 11.4 Å². The van der Waals surface area contributed by atoms with Gasteiger partial charge in [-0.25, -0.2) is 4.79 Å². The number of carbonyl (C=O) groups is 2. The van der Waals surface area contributed by atoms with Gasteiger partial charge in [-0.1, -0.05) is 36.4 Å². The van der Waals surface area contributed by atoms with E-state index < -0.39 is 29.1 Å². The molecular weight excluding hydrogens is 404 g/mol. The fourth-order valence-corrected chi connectivity index (χ4v) is 3.02. The van der Waals surface area contributed by atoms with E-state index in [0.29, 0.717) is 11.3 Å². The van der Waals surface area contributed by atoms with E-state index in [1.165, 1.54) is 13.2 Å². The van der Waals surface area contributed by atoms with Crippen molar-refractivity contribution in [3.05, 3.63) is 69.8 Å². The molecule has 166 valence electrons. The van der Waals surface area contributed by atoms with E-state index in [4.69, 9.17) is 15.2 Å². The largest absolute Gasteiger partial charge is 0.398 e. The summed E-state index contributed by atoms with van der Waals surface area (Å²) in [5.41, 5.74) is 7.58. The number of carbonyl (C=O) groups excluding carboxylic acids is 2. The molecule has 0 fully saturated rings. The van der Waals surface area contributed by atoms with Crippen LogP contribution in [0.5, 0.6) is 0 Å². The molecule has 4 N–H and O–H groups in total. The van der Waals surface area contributed by atoms with Gasteiger partial charge in [0.2, 0.25) is 6.23 Å². The van der Waals surface area contributed by atoms with Crippen molar-refractivity contribution in [3.63, 3.8) is 0 Å². The lowest BCUT2D eigenvalue weighted by molar-refractivity contribution is -0.385. The standard InChI is InChI=1S/C21H26N4O6/c1-13(15-8-4-6-10-17(15)22)23-12-19(26)31-21(27)20(30-3)24-14(2)16-9-5-7-11-18(16)25(28)29/h4-11,13-14,20,23-24H,12,22H2,1-3H3. The molecular formula is C21H26N4O6. The van der Waals surface area contributed by atoms with Gasteiger partial charge in [-0.3, -0.25) is 20.2 Å². The number of esters is 2. The number of methoxy groups -OCH3 is 1. The summed E-state index contributed by atoms with van der Waals surface area (Å²) in [6.45, 7) is 3.24. The molecule has 0 radical (unpaired) electrons. The van der Waals surface area contributed by atoms with Crippen molar-refractivity contribution in [1.29, 1.82) is 0 Å². The maximum atomic E-state index is 12.3. The molecule has 0 aliphatic rings. The van der Waals surface area contributed by atoms with Gasteiger partial charge in [0.25, 0.3) is 5.69 Å². The third-order valence-electron chi connectivity index (χ3n) is 4.68. The van der Waals surface area contributed by atoms with Gasteiger partial charge in [0.05, 0.1) is 11.5 Å². The average Bonchev–Trinajstić information content (AvgIpc) is 2.75. The summed E-state index contributed by atoms with van der Waals surface area (Å²) < 4.78 is 9.91. The molecule has 0 spiro atoms. The molecule has 0 saturated heterocycles. The molecule has 3 atom stereocenters. The third kappa shape index (κ3) is 6.57. The Kier molecular flexibility index (Phi) is 8.62. The molecule has 10 heteroatoms. The van der Waals surface area contributed by atoms with Gasteiger partial charge in [-0.2, -0.15) is 0 Å². The van der Waals surface area contributed by atoms with Crippen molar-refractivity contribution in [1.82, 2.24) is 10.6 Å². The summed E-state index contributed by atoms with van der Waals surface area (Å²) in [5.74, 6) is -1.75. The number of rotatable bonds is 10. The van der Waals surface area contributed by atoms with E-state index in [9.17, 15) is 19.7 Å². The first-order valence-corrected chi connectivity index (χ1v) is 9.59. The SMILES string of the molecule is COC(NC(C)c1ccccc1[N+](=O)[O-])C(=O)OC(=O)CNC(C)c1ccccc1N. The lowest BCUT2D eigenvalue weighted by Crippen LogP contribution is -2.43. The summed E-state index contributed by atoms with van der Waals surface area (Å²) in [4.78, 5) is 35.1. The van der Waals surface area contributed by atoms with Crippen LogP contribution in [0.1, 0.15) is 37.1 Å². The van der Waals surface area contributed by atoms with E-state index in [2.05, 4.69) is 10.6 Å². The van der Waals surface area contributed by atoms with E-state index in [1.807, 2.05) is 19.1 Å². The number of benzene rings is 2. The van der Waals surface area contributed by atoms with Crippen molar-refractivity contribution >= 4 is 23.3 Å². The highest BCUT2D eigenvalue weighted by Crippen LogP contribution is 2.25. The number of anilines is 1. The van der Waals surface area contributed by atoms with Crippen LogP contribution in [0.3, 0.4) is 0 Å². The first-order chi connectivity index (χ1) is 14.7. The number of ether oxygens (including phenoxy) is 2. The number of hydrogen-bond donors (Lipinski definition) is 3. The minimum atomic E-state index is -1.29. The van der Waals surface area contributed by atoms with Crippen molar-refractivity contribution in [2.45, 2.75) is 32.2 Å². The maximum absolute atomic E-state index is 12.3. The predicted octanol–water partition coefficient (Wildman–Crippen LogP) is 2.22. The summed E-state index contributed by atoms with van der Waals surface area (Å²) in [7, 11) is 1.26. The quantitative estimate of drug-likeness (QED) is 0.129. The van der Waals surface area contributed by atoms with Crippen molar-refractivity contribution in [3.8, 4) is 0 Å². The number of para-hydroxylation sites is 2. The molecule has 2 aromatic rings. The van der Waals surface area contributed by atoms with Gasteiger partial charge >= 0.3 is 11.9 Å². The van der Waals surface area contributed by atoms with Crippen LogP contribution in [0.15, 0.2) is 48.5 Å². The molecule has 0 aliphatic heterocycles. The maximum Gasteiger partial charge on any atom is 0.358 e. The molecule has 0 bridgehead atoms. The monoisotopic (exact) mass is 430 g/mol. The number of nitrogen functional groups attached to an aromatic ring is 1. The number of nitro groups is 1. The second kappa shape index (κ2) is 11.2. The summed E-state index contributed by atoms with van der Waals surface area (Å²) in [6, 6.07) is 12.5. The number of nitro benzene ring substituents is 1. The second-order valence-electron chi connectivity index (χ2n) is 6.84. The van der Waals surface area contributed by atoms with Crippen LogP contribution in [-0.2, 0) is 19.1 Å². The molecule has 2 aromatic carbocycles. The van der Waals surface area contributed by atoms with Crippen molar-refractivity contribution in [2.75, 3.05) is 19.4 Å². The van der Waals surface area contributed by atoms with E-state index >= 15 is 0 Å². The topological polar surface area (TPSA) is 146 Å². The van der Waals surface area contributed by atoms with Gasteiger partial charge in [0.1, 0.15) is 0 Å². The zero-order valence-corrected chi connectivity index (χ0v) is 17.5. The molecule has 0 saturated carbocycles. The third-order valence-corrected chi connectivity index (χ3v) is 4.68. The number of nitrogens with one attached hydrogen (secondary N) is 2. The highest BCUT2D eigenvalue weighted by Gasteiger charge is 2.27. The van der Waals surface area contributed by atoms with Crippen molar-refractivity contribution < 1.29 is 24.0 Å². The van der Waals surface area contributed by atoms with Gasteiger partial charge < -0.3 is 20.5 Å². The zero-order chi connectivity index (χ0) is 23.0. The zero-order valence-electron chi connectivity index (χ0n) is 17.5.